The molecule has 0 fully saturated rings. The number of halogens is 2. The van der Waals surface area contributed by atoms with Gasteiger partial charge in [0.05, 0.1) is 22.2 Å². The highest BCUT2D eigenvalue weighted by Crippen LogP contribution is 2.31. The van der Waals surface area contributed by atoms with Gasteiger partial charge in [-0.1, -0.05) is 35.3 Å². The molecule has 0 saturated carbocycles. The van der Waals surface area contributed by atoms with Crippen molar-refractivity contribution in [2.45, 2.75) is 12.3 Å². The van der Waals surface area contributed by atoms with Crippen LogP contribution in [0.5, 0.6) is 0 Å². The Morgan fingerprint density at radius 1 is 1.07 bits per heavy atom. The van der Waals surface area contributed by atoms with Crippen molar-refractivity contribution in [3.8, 4) is 0 Å². The fraction of sp³-hybridized carbons (Fsp3) is 0.100. The minimum absolute atomic E-state index is 0.0331. The van der Waals surface area contributed by atoms with Crippen LogP contribution < -0.4 is 21.5 Å². The van der Waals surface area contributed by atoms with Crippen molar-refractivity contribution in [2.24, 2.45) is 0 Å². The van der Waals surface area contributed by atoms with Gasteiger partial charge in [0, 0.05) is 17.1 Å². The van der Waals surface area contributed by atoms with Gasteiger partial charge in [0.15, 0.2) is 0 Å². The molecule has 0 radical (unpaired) electrons. The lowest BCUT2D eigenvalue weighted by Gasteiger charge is -2.23. The van der Waals surface area contributed by atoms with E-state index in [1.54, 1.807) is 48.5 Å². The number of nitrogens with one attached hydrogen (secondary N) is 4. The van der Waals surface area contributed by atoms with Crippen LogP contribution in [0.3, 0.4) is 0 Å². The Bertz CT molecular complexity index is 1190. The maximum absolute atomic E-state index is 12.8. The van der Waals surface area contributed by atoms with E-state index in [-0.39, 0.29) is 23.8 Å². The molecule has 1 aromatic heterocycles. The molecule has 0 aliphatic carbocycles. The number of hydrogen-bond donors (Lipinski definition) is 4. The Morgan fingerprint density at radius 3 is 2.53 bits per heavy atom. The number of aromatic nitrogens is 2. The van der Waals surface area contributed by atoms with Crippen molar-refractivity contribution in [1.82, 2.24) is 9.97 Å². The Kier molecular flexibility index (Phi) is 5.43. The molecule has 10 heteroatoms. The molecular formula is C20H15Cl2N5O3. The fourth-order valence-electron chi connectivity index (χ4n) is 3.11. The minimum atomic E-state index is -1.01. The quantitative estimate of drug-likeness (QED) is 0.488. The largest absolute Gasteiger partial charge is 0.326 e. The first kappa shape index (κ1) is 19.9. The van der Waals surface area contributed by atoms with Crippen LogP contribution in [-0.4, -0.2) is 21.8 Å². The van der Waals surface area contributed by atoms with E-state index in [4.69, 9.17) is 23.2 Å². The zero-order valence-electron chi connectivity index (χ0n) is 15.3. The molecule has 0 unspecified atom stereocenters. The summed E-state index contributed by atoms with van der Waals surface area (Å²) in [5, 5.41) is 9.07. The Morgan fingerprint density at radius 2 is 1.80 bits per heavy atom. The molecule has 0 saturated heterocycles. The Balaban J connectivity index is 1.64. The molecule has 30 heavy (non-hydrogen) atoms. The Hall–Kier alpha value is -3.36. The van der Waals surface area contributed by atoms with Crippen molar-refractivity contribution >= 4 is 58.2 Å². The summed E-state index contributed by atoms with van der Waals surface area (Å²) < 4.78 is 0. The number of hydrogen-bond acceptors (Lipinski definition) is 5. The van der Waals surface area contributed by atoms with Gasteiger partial charge >= 0.3 is 0 Å². The minimum Gasteiger partial charge on any atom is -0.326 e. The summed E-state index contributed by atoms with van der Waals surface area (Å²) in [6.45, 7) is 0. The normalized spacial score (nSPS) is 15.1. The number of para-hydroxylation sites is 1. The third-order valence-corrected chi connectivity index (χ3v) is 5.09. The molecule has 0 bridgehead atoms. The molecule has 3 aromatic rings. The van der Waals surface area contributed by atoms with Crippen LogP contribution in [-0.2, 0) is 9.59 Å². The molecule has 0 spiro atoms. The molecule has 1 aliphatic rings. The van der Waals surface area contributed by atoms with Crippen LogP contribution >= 0.6 is 23.2 Å². The summed E-state index contributed by atoms with van der Waals surface area (Å²) >= 11 is 12.0. The van der Waals surface area contributed by atoms with Gasteiger partial charge in [0.2, 0.25) is 17.8 Å². The topological polar surface area (TPSA) is 116 Å². The summed E-state index contributed by atoms with van der Waals surface area (Å²) in [6.07, 6.45) is -0.183. The van der Waals surface area contributed by atoms with E-state index >= 15 is 0 Å². The number of amides is 2. The molecule has 4 rings (SSSR count). The third-order valence-electron chi connectivity index (χ3n) is 4.51. The first-order valence-electron chi connectivity index (χ1n) is 8.93. The predicted molar refractivity (Wildman–Crippen MR) is 116 cm³/mol. The van der Waals surface area contributed by atoms with E-state index in [2.05, 4.69) is 25.9 Å². The number of anilines is 4. The van der Waals surface area contributed by atoms with Gasteiger partial charge in [-0.2, -0.15) is 4.98 Å². The first-order valence-corrected chi connectivity index (χ1v) is 9.68. The molecule has 1 atom stereocenters. The zero-order valence-corrected chi connectivity index (χ0v) is 16.8. The molecule has 2 aromatic carbocycles. The van der Waals surface area contributed by atoms with E-state index in [0.29, 0.717) is 21.4 Å². The van der Waals surface area contributed by atoms with Crippen LogP contribution in [0, 0.1) is 0 Å². The summed E-state index contributed by atoms with van der Waals surface area (Å²) in [7, 11) is 0. The van der Waals surface area contributed by atoms with Crippen LogP contribution in [0.2, 0.25) is 10.0 Å². The molecule has 2 amide bonds. The van der Waals surface area contributed by atoms with Gasteiger partial charge in [-0.3, -0.25) is 19.4 Å². The molecule has 4 N–H and O–H groups in total. The lowest BCUT2D eigenvalue weighted by Crippen LogP contribution is -2.36. The number of carbonyl (C=O) groups excluding carboxylic acids is 2. The number of rotatable bonds is 4. The number of H-pyrrole nitrogens is 1. The lowest BCUT2D eigenvalue weighted by atomic mass is 9.92. The standard InChI is InChI=1S/C20H15Cl2N5O3/c21-10-5-7-11(8-6-10)23-20-26-17-16(19(30)27-20)12(9-15(28)25-17)18(29)24-14-4-2-1-3-13(14)22/h1-8,12H,9H2,(H,24,29)(H3,23,25,26,27,28,30)/t12-/m1/s1. The van der Waals surface area contributed by atoms with Gasteiger partial charge < -0.3 is 16.0 Å². The van der Waals surface area contributed by atoms with Gasteiger partial charge in [-0.05, 0) is 36.4 Å². The number of fused-ring (bicyclic) bond motifs is 1. The predicted octanol–water partition coefficient (Wildman–Crippen LogP) is 3.88. The highest BCUT2D eigenvalue weighted by molar-refractivity contribution is 6.33. The van der Waals surface area contributed by atoms with Crippen LogP contribution in [0.25, 0.3) is 0 Å². The van der Waals surface area contributed by atoms with Crippen molar-refractivity contribution in [1.29, 1.82) is 0 Å². The highest BCUT2D eigenvalue weighted by Gasteiger charge is 2.35. The summed E-state index contributed by atoms with van der Waals surface area (Å²) in [4.78, 5) is 44.6. The number of benzene rings is 2. The zero-order chi connectivity index (χ0) is 21.3. The average molecular weight is 444 g/mol. The highest BCUT2D eigenvalue weighted by atomic mass is 35.5. The van der Waals surface area contributed by atoms with E-state index in [1.165, 1.54) is 0 Å². The second-order valence-electron chi connectivity index (χ2n) is 6.58. The van der Waals surface area contributed by atoms with Crippen molar-refractivity contribution in [3.05, 3.63) is 74.5 Å². The van der Waals surface area contributed by atoms with Gasteiger partial charge in [0.25, 0.3) is 5.56 Å². The van der Waals surface area contributed by atoms with E-state index in [0.717, 1.165) is 0 Å². The smallest absolute Gasteiger partial charge is 0.258 e. The fourth-order valence-corrected chi connectivity index (χ4v) is 3.42. The second kappa shape index (κ2) is 8.17. The summed E-state index contributed by atoms with van der Waals surface area (Å²) in [5.41, 5.74) is 0.580. The molecular weight excluding hydrogens is 429 g/mol. The summed E-state index contributed by atoms with van der Waals surface area (Å²) in [6, 6.07) is 13.5. The van der Waals surface area contributed by atoms with Gasteiger partial charge in [-0.25, -0.2) is 0 Å². The number of nitrogens with zero attached hydrogens (tertiary/aromatic N) is 1. The van der Waals surface area contributed by atoms with Crippen molar-refractivity contribution < 1.29 is 9.59 Å². The van der Waals surface area contributed by atoms with Crippen LogP contribution in [0.15, 0.2) is 53.3 Å². The molecule has 8 nitrogen and oxygen atoms in total. The van der Waals surface area contributed by atoms with E-state index in [9.17, 15) is 14.4 Å². The molecule has 1 aliphatic heterocycles. The SMILES string of the molecule is O=C1C[C@@H](C(=O)Nc2ccccc2Cl)c2c(nc(Nc3ccc(Cl)cc3)[nH]c2=O)N1. The second-order valence-corrected chi connectivity index (χ2v) is 7.43. The monoisotopic (exact) mass is 443 g/mol. The van der Waals surface area contributed by atoms with E-state index in [1.807, 2.05) is 0 Å². The summed E-state index contributed by atoms with van der Waals surface area (Å²) in [5.74, 6) is -1.80. The third kappa shape index (κ3) is 4.14. The number of carbonyl (C=O) groups is 2. The molecule has 2 heterocycles. The van der Waals surface area contributed by atoms with Crippen LogP contribution in [0.4, 0.5) is 23.1 Å². The van der Waals surface area contributed by atoms with Gasteiger partial charge in [0.1, 0.15) is 5.82 Å². The lowest BCUT2D eigenvalue weighted by molar-refractivity contribution is -0.123. The maximum Gasteiger partial charge on any atom is 0.258 e. The van der Waals surface area contributed by atoms with Crippen molar-refractivity contribution in [2.75, 3.05) is 16.0 Å². The van der Waals surface area contributed by atoms with Crippen molar-refractivity contribution in [3.63, 3.8) is 0 Å². The maximum atomic E-state index is 12.8. The van der Waals surface area contributed by atoms with Gasteiger partial charge in [-0.15, -0.1) is 0 Å². The van der Waals surface area contributed by atoms with Crippen LogP contribution in [0.1, 0.15) is 17.9 Å². The average Bonchev–Trinajstić information content (AvgIpc) is 2.70. The Labute approximate surface area is 180 Å². The number of aromatic amines is 1. The van der Waals surface area contributed by atoms with E-state index < -0.39 is 23.3 Å². The molecule has 152 valence electrons. The first-order chi connectivity index (χ1) is 14.4.